The van der Waals surface area contributed by atoms with Crippen molar-refractivity contribution >= 4 is 5.82 Å². The van der Waals surface area contributed by atoms with Gasteiger partial charge in [0.1, 0.15) is 11.9 Å². The first kappa shape index (κ1) is 13.8. The van der Waals surface area contributed by atoms with Crippen molar-refractivity contribution < 1.29 is 28.8 Å². The number of nitrogens with zero attached hydrogens (tertiary/aromatic N) is 2. The van der Waals surface area contributed by atoms with Gasteiger partial charge >= 0.3 is 17.5 Å². The molecule has 106 valence electrons. The highest BCUT2D eigenvalue weighted by molar-refractivity contribution is 5.24. The largest absolute Gasteiger partial charge is 0.394 e. The topological polar surface area (TPSA) is 131 Å². The maximum atomic E-state index is 13.8. The molecule has 1 aliphatic heterocycles. The molecule has 0 radical (unpaired) electrons. The molecule has 0 saturated carbocycles. The van der Waals surface area contributed by atoms with Gasteiger partial charge in [-0.05, 0) is 6.07 Å². The number of nitrogen functional groups attached to an aromatic ring is 1. The third-order valence-electron chi connectivity index (χ3n) is 2.81. The maximum absolute atomic E-state index is 13.8. The fourth-order valence-electron chi connectivity index (χ4n) is 1.78. The van der Waals surface area contributed by atoms with Crippen molar-refractivity contribution in [3.05, 3.63) is 22.7 Å². The Labute approximate surface area is 104 Å². The monoisotopic (exact) mass is 279 g/mol. The lowest BCUT2D eigenvalue weighted by Gasteiger charge is -2.29. The van der Waals surface area contributed by atoms with Gasteiger partial charge in [0, 0.05) is 6.20 Å². The van der Waals surface area contributed by atoms with Crippen LogP contribution in [0.5, 0.6) is 0 Å². The summed E-state index contributed by atoms with van der Waals surface area (Å²) >= 11 is 0. The second-order valence-corrected chi connectivity index (χ2v) is 4.02. The summed E-state index contributed by atoms with van der Waals surface area (Å²) in [6.07, 6.45) is -3.47. The average molecular weight is 279 g/mol. The molecular weight excluding hydrogens is 268 g/mol. The van der Waals surface area contributed by atoms with Crippen LogP contribution in [0.3, 0.4) is 0 Å². The standard InChI is InChI=1S/C9H11F2N3O5/c10-8(11)6(16)4(3-15)19-9(8,18)14-2-1-5(12)13-7(14)17/h1-2,4,6,15-16,18H,3H2,(H2,12,13,17)/t4-,6-,9-/m1/s1. The lowest BCUT2D eigenvalue weighted by atomic mass is 10.1. The van der Waals surface area contributed by atoms with Crippen LogP contribution in [-0.4, -0.2) is 49.6 Å². The van der Waals surface area contributed by atoms with Crippen LogP contribution in [0.4, 0.5) is 14.6 Å². The van der Waals surface area contributed by atoms with E-state index in [2.05, 4.69) is 9.72 Å². The number of aliphatic hydroxyl groups excluding tert-OH is 2. The van der Waals surface area contributed by atoms with E-state index in [1.54, 1.807) is 0 Å². The predicted octanol–water partition coefficient (Wildman–Crippen LogP) is -2.18. The average Bonchev–Trinajstić information content (AvgIpc) is 2.50. The van der Waals surface area contributed by atoms with E-state index in [4.69, 9.17) is 10.8 Å². The Morgan fingerprint density at radius 2 is 2.21 bits per heavy atom. The number of aliphatic hydroxyl groups is 3. The highest BCUT2D eigenvalue weighted by Gasteiger charge is 2.70. The second-order valence-electron chi connectivity index (χ2n) is 4.02. The zero-order valence-corrected chi connectivity index (χ0v) is 9.40. The quantitative estimate of drug-likeness (QED) is 0.484. The molecule has 3 atom stereocenters. The number of halogens is 2. The summed E-state index contributed by atoms with van der Waals surface area (Å²) in [5.41, 5.74) is 3.91. The van der Waals surface area contributed by atoms with Gasteiger partial charge in [-0.3, -0.25) is 0 Å². The van der Waals surface area contributed by atoms with Crippen molar-refractivity contribution in [3.8, 4) is 0 Å². The van der Waals surface area contributed by atoms with E-state index in [1.165, 1.54) is 0 Å². The number of rotatable bonds is 2. The molecule has 19 heavy (non-hydrogen) atoms. The molecule has 1 fully saturated rings. The van der Waals surface area contributed by atoms with Crippen molar-refractivity contribution in [1.29, 1.82) is 0 Å². The lowest BCUT2D eigenvalue weighted by molar-refractivity contribution is -0.341. The number of ether oxygens (including phenoxy) is 1. The summed E-state index contributed by atoms with van der Waals surface area (Å²) in [4.78, 5) is 14.6. The molecule has 8 nitrogen and oxygen atoms in total. The Kier molecular flexibility index (Phi) is 3.05. The van der Waals surface area contributed by atoms with Gasteiger partial charge in [-0.25, -0.2) is 9.36 Å². The van der Waals surface area contributed by atoms with Gasteiger partial charge < -0.3 is 25.8 Å². The minimum atomic E-state index is -4.22. The van der Waals surface area contributed by atoms with Crippen LogP contribution in [0.25, 0.3) is 0 Å². The van der Waals surface area contributed by atoms with E-state index in [1.807, 2.05) is 0 Å². The van der Waals surface area contributed by atoms with Crippen LogP contribution in [-0.2, 0) is 10.6 Å². The Morgan fingerprint density at radius 1 is 1.58 bits per heavy atom. The molecule has 0 amide bonds. The Morgan fingerprint density at radius 3 is 2.68 bits per heavy atom. The van der Waals surface area contributed by atoms with Crippen molar-refractivity contribution in [3.63, 3.8) is 0 Å². The molecule has 1 saturated heterocycles. The number of hydrogen-bond donors (Lipinski definition) is 4. The molecule has 1 aromatic heterocycles. The molecule has 0 aliphatic carbocycles. The van der Waals surface area contributed by atoms with E-state index in [0.717, 1.165) is 12.3 Å². The van der Waals surface area contributed by atoms with Crippen LogP contribution >= 0.6 is 0 Å². The summed E-state index contributed by atoms with van der Waals surface area (Å²) in [5, 5.41) is 28.0. The van der Waals surface area contributed by atoms with Crippen LogP contribution in [0.2, 0.25) is 0 Å². The van der Waals surface area contributed by atoms with Crippen LogP contribution in [0.15, 0.2) is 17.1 Å². The number of nitrogens with two attached hydrogens (primary N) is 1. The third kappa shape index (κ3) is 1.80. The minimum Gasteiger partial charge on any atom is -0.394 e. The molecule has 1 aliphatic rings. The van der Waals surface area contributed by atoms with E-state index in [0.29, 0.717) is 0 Å². The Bertz CT molecular complexity index is 551. The molecule has 2 rings (SSSR count). The molecular formula is C9H11F2N3O5. The lowest BCUT2D eigenvalue weighted by Crippen LogP contribution is -2.55. The Balaban J connectivity index is 2.56. The van der Waals surface area contributed by atoms with Crippen molar-refractivity contribution in [2.24, 2.45) is 0 Å². The highest BCUT2D eigenvalue weighted by Crippen LogP contribution is 2.45. The first-order valence-corrected chi connectivity index (χ1v) is 5.16. The van der Waals surface area contributed by atoms with Gasteiger partial charge in [-0.2, -0.15) is 13.8 Å². The fourth-order valence-corrected chi connectivity index (χ4v) is 1.78. The van der Waals surface area contributed by atoms with Crippen molar-refractivity contribution in [2.45, 2.75) is 24.0 Å². The van der Waals surface area contributed by atoms with Gasteiger partial charge in [0.25, 0.3) is 0 Å². The fraction of sp³-hybridized carbons (Fsp3) is 0.556. The Hall–Kier alpha value is -1.62. The second kappa shape index (κ2) is 4.20. The number of aromatic nitrogens is 2. The van der Waals surface area contributed by atoms with Gasteiger partial charge in [0.2, 0.25) is 0 Å². The number of hydrogen-bond acceptors (Lipinski definition) is 7. The summed E-state index contributed by atoms with van der Waals surface area (Å²) in [5.74, 6) is -7.90. The minimum absolute atomic E-state index is 0.0994. The highest BCUT2D eigenvalue weighted by atomic mass is 19.3. The first-order valence-electron chi connectivity index (χ1n) is 5.16. The van der Waals surface area contributed by atoms with Crippen molar-refractivity contribution in [2.75, 3.05) is 12.3 Å². The third-order valence-corrected chi connectivity index (χ3v) is 2.81. The van der Waals surface area contributed by atoms with Gasteiger partial charge in [0.15, 0.2) is 6.10 Å². The summed E-state index contributed by atoms with van der Waals surface area (Å²) in [6.45, 7) is -0.962. The first-order chi connectivity index (χ1) is 8.74. The van der Waals surface area contributed by atoms with Gasteiger partial charge in [-0.1, -0.05) is 0 Å². The van der Waals surface area contributed by atoms with Crippen LogP contribution < -0.4 is 11.4 Å². The van der Waals surface area contributed by atoms with Crippen molar-refractivity contribution in [1.82, 2.24) is 9.55 Å². The van der Waals surface area contributed by atoms with Gasteiger partial charge in [0.05, 0.1) is 6.61 Å². The van der Waals surface area contributed by atoms with Gasteiger partial charge in [-0.15, -0.1) is 0 Å². The molecule has 0 spiro atoms. The molecule has 0 unspecified atom stereocenters. The summed E-state index contributed by atoms with van der Waals surface area (Å²) in [7, 11) is 0. The molecule has 1 aromatic rings. The SMILES string of the molecule is Nc1ccn([C@]2(O)O[C@H](CO)[C@@H](O)C2(F)F)c(=O)n1. The van der Waals surface area contributed by atoms with E-state index in [9.17, 15) is 23.8 Å². The summed E-state index contributed by atoms with van der Waals surface area (Å²) < 4.78 is 32.3. The molecule has 0 bridgehead atoms. The number of alkyl halides is 2. The van der Waals surface area contributed by atoms with Crippen LogP contribution in [0, 0.1) is 0 Å². The zero-order chi connectivity index (χ0) is 14.4. The maximum Gasteiger partial charge on any atom is 0.353 e. The smallest absolute Gasteiger partial charge is 0.353 e. The molecule has 2 heterocycles. The molecule has 5 N–H and O–H groups in total. The normalized spacial score (nSPS) is 33.5. The number of anilines is 1. The predicted molar refractivity (Wildman–Crippen MR) is 56.0 cm³/mol. The van der Waals surface area contributed by atoms with E-state index < -0.39 is 36.3 Å². The zero-order valence-electron chi connectivity index (χ0n) is 9.40. The van der Waals surface area contributed by atoms with E-state index >= 15 is 0 Å². The molecule has 0 aromatic carbocycles. The molecule has 10 heteroatoms. The van der Waals surface area contributed by atoms with Crippen LogP contribution in [0.1, 0.15) is 0 Å². The summed E-state index contributed by atoms with van der Waals surface area (Å²) in [6, 6.07) is 0.997. The van der Waals surface area contributed by atoms with E-state index in [-0.39, 0.29) is 10.4 Å².